The van der Waals surface area contributed by atoms with E-state index in [0.29, 0.717) is 5.69 Å². The van der Waals surface area contributed by atoms with E-state index in [4.69, 9.17) is 16.8 Å². The summed E-state index contributed by atoms with van der Waals surface area (Å²) in [6, 6.07) is 5.17. The van der Waals surface area contributed by atoms with Crippen molar-refractivity contribution in [2.75, 3.05) is 0 Å². The zero-order valence-corrected chi connectivity index (χ0v) is 5.78. The van der Waals surface area contributed by atoms with E-state index in [2.05, 4.69) is 10.1 Å². The van der Waals surface area contributed by atoms with Gasteiger partial charge in [-0.15, -0.1) is 0 Å². The monoisotopic (exact) mass is 156 g/mol. The molecule has 10 heavy (non-hydrogen) atoms. The second kappa shape index (κ2) is 3.17. The Kier molecular flexibility index (Phi) is 2.23. The third kappa shape index (κ3) is 1.45. The third-order valence-corrected chi connectivity index (χ3v) is 1.23. The molecule has 3 nitrogen and oxygen atoms in total. The molecule has 0 saturated carbocycles. The molecule has 4 heteroatoms. The smallest absolute Gasteiger partial charge is 0.193 e. The average Bonchev–Trinajstić information content (AvgIpc) is 2.05. The number of hydrogen-bond acceptors (Lipinski definition) is 3. The van der Waals surface area contributed by atoms with Crippen LogP contribution in [0.3, 0.4) is 0 Å². The highest BCUT2D eigenvalue weighted by Gasteiger charge is 1.97. The summed E-state index contributed by atoms with van der Waals surface area (Å²) in [6.07, 6.45) is 1.57. The van der Waals surface area contributed by atoms with Gasteiger partial charge in [0.2, 0.25) is 0 Å². The Balaban J connectivity index is 2.96. The summed E-state index contributed by atoms with van der Waals surface area (Å²) in [5.74, 6) is 0. The Morgan fingerprint density at radius 1 is 1.60 bits per heavy atom. The van der Waals surface area contributed by atoms with E-state index in [-0.39, 0.29) is 5.17 Å². The number of hydrogen-bond donors (Lipinski definition) is 1. The highest BCUT2D eigenvalue weighted by Crippen LogP contribution is 1.98. The van der Waals surface area contributed by atoms with Gasteiger partial charge in [-0.25, -0.2) is 0 Å². The second-order valence-electron chi connectivity index (χ2n) is 1.61. The van der Waals surface area contributed by atoms with Crippen LogP contribution in [0.4, 0.5) is 0 Å². The van der Waals surface area contributed by atoms with Crippen LogP contribution >= 0.6 is 11.6 Å². The molecule has 0 aromatic carbocycles. The molecule has 0 fully saturated rings. The summed E-state index contributed by atoms with van der Waals surface area (Å²) in [5.41, 5.74) is 0.465. The van der Waals surface area contributed by atoms with Crippen LogP contribution in [-0.4, -0.2) is 15.4 Å². The highest BCUT2D eigenvalue weighted by molar-refractivity contribution is 6.69. The van der Waals surface area contributed by atoms with Gasteiger partial charge in [0.15, 0.2) is 5.17 Å². The van der Waals surface area contributed by atoms with E-state index in [9.17, 15) is 0 Å². The van der Waals surface area contributed by atoms with Gasteiger partial charge in [-0.3, -0.25) is 4.98 Å². The maximum absolute atomic E-state index is 8.20. The van der Waals surface area contributed by atoms with E-state index in [1.807, 2.05) is 0 Å². The highest BCUT2D eigenvalue weighted by atomic mass is 35.5. The lowest BCUT2D eigenvalue weighted by atomic mass is 10.4. The van der Waals surface area contributed by atoms with Crippen LogP contribution in [0.5, 0.6) is 0 Å². The minimum atomic E-state index is 0.000556. The van der Waals surface area contributed by atoms with E-state index in [0.717, 1.165) is 0 Å². The number of rotatable bonds is 1. The van der Waals surface area contributed by atoms with Crippen molar-refractivity contribution in [1.82, 2.24) is 4.98 Å². The van der Waals surface area contributed by atoms with Crippen molar-refractivity contribution in [3.8, 4) is 0 Å². The number of halogens is 1. The molecule has 0 bridgehead atoms. The first-order chi connectivity index (χ1) is 4.84. The van der Waals surface area contributed by atoms with Crippen LogP contribution in [0.15, 0.2) is 29.6 Å². The normalized spacial score (nSPS) is 11.5. The zero-order valence-electron chi connectivity index (χ0n) is 5.03. The molecule has 0 saturated heterocycles. The lowest BCUT2D eigenvalue weighted by molar-refractivity contribution is 0.320. The average molecular weight is 157 g/mol. The molecule has 0 unspecified atom stereocenters. The van der Waals surface area contributed by atoms with Crippen LogP contribution < -0.4 is 0 Å². The molecule has 0 aliphatic carbocycles. The maximum atomic E-state index is 8.20. The largest absolute Gasteiger partial charge is 0.410 e. The second-order valence-corrected chi connectivity index (χ2v) is 1.96. The topological polar surface area (TPSA) is 45.5 Å². The Hall–Kier alpha value is -1.09. The summed E-state index contributed by atoms with van der Waals surface area (Å²) in [6.45, 7) is 0. The SMILES string of the molecule is O/N=C(/Cl)c1ccccn1. The van der Waals surface area contributed by atoms with Gasteiger partial charge in [0.1, 0.15) is 5.69 Å². The van der Waals surface area contributed by atoms with Gasteiger partial charge in [-0.05, 0) is 12.1 Å². The fourth-order valence-electron chi connectivity index (χ4n) is 0.536. The summed E-state index contributed by atoms with van der Waals surface area (Å²) in [7, 11) is 0. The van der Waals surface area contributed by atoms with Crippen LogP contribution in [0, 0.1) is 0 Å². The summed E-state index contributed by atoms with van der Waals surface area (Å²) >= 11 is 5.43. The number of oxime groups is 1. The predicted molar refractivity (Wildman–Crippen MR) is 38.4 cm³/mol. The van der Waals surface area contributed by atoms with Crippen molar-refractivity contribution in [2.24, 2.45) is 5.16 Å². The summed E-state index contributed by atoms with van der Waals surface area (Å²) < 4.78 is 0. The Morgan fingerprint density at radius 2 is 2.40 bits per heavy atom. The molecule has 0 aliphatic heterocycles. The van der Waals surface area contributed by atoms with Gasteiger partial charge < -0.3 is 5.21 Å². The molecule has 0 amide bonds. The molecular weight excluding hydrogens is 152 g/mol. The molecule has 0 radical (unpaired) electrons. The quantitative estimate of drug-likeness (QED) is 0.380. The van der Waals surface area contributed by atoms with Gasteiger partial charge >= 0.3 is 0 Å². The van der Waals surface area contributed by atoms with Gasteiger partial charge in [0.25, 0.3) is 0 Å². The Bertz CT molecular complexity index is 235. The molecule has 1 N–H and O–H groups in total. The van der Waals surface area contributed by atoms with E-state index in [1.54, 1.807) is 24.4 Å². The minimum absolute atomic E-state index is 0.000556. The van der Waals surface area contributed by atoms with Gasteiger partial charge in [-0.1, -0.05) is 22.8 Å². The lowest BCUT2D eigenvalue weighted by Crippen LogP contribution is -1.93. The fraction of sp³-hybridized carbons (Fsp3) is 0. The fourth-order valence-corrected chi connectivity index (χ4v) is 0.648. The Labute approximate surface area is 63.0 Å². The molecule has 1 rings (SSSR count). The van der Waals surface area contributed by atoms with Gasteiger partial charge in [0, 0.05) is 6.20 Å². The van der Waals surface area contributed by atoms with Gasteiger partial charge in [-0.2, -0.15) is 0 Å². The maximum Gasteiger partial charge on any atom is 0.193 e. The number of pyridine rings is 1. The summed E-state index contributed by atoms with van der Waals surface area (Å²) in [4.78, 5) is 3.83. The molecule has 0 atom stereocenters. The van der Waals surface area contributed by atoms with Gasteiger partial charge in [0.05, 0.1) is 0 Å². The molecule has 1 heterocycles. The molecule has 0 spiro atoms. The number of aromatic nitrogens is 1. The lowest BCUT2D eigenvalue weighted by Gasteiger charge is -1.90. The van der Waals surface area contributed by atoms with Crippen LogP contribution in [0.2, 0.25) is 0 Å². The first kappa shape index (κ1) is 7.02. The molecule has 52 valence electrons. The molecule has 1 aromatic heterocycles. The standard InChI is InChI=1S/C6H5ClN2O/c7-6(9-10)5-3-1-2-4-8-5/h1-4,10H/b9-6+. The van der Waals surface area contributed by atoms with Crippen molar-refractivity contribution < 1.29 is 5.21 Å². The summed E-state index contributed by atoms with van der Waals surface area (Å²) in [5, 5.41) is 11.0. The van der Waals surface area contributed by atoms with E-state index >= 15 is 0 Å². The van der Waals surface area contributed by atoms with Crippen molar-refractivity contribution in [3.63, 3.8) is 0 Å². The van der Waals surface area contributed by atoms with Crippen molar-refractivity contribution >= 4 is 16.8 Å². The Morgan fingerprint density at radius 3 is 2.90 bits per heavy atom. The van der Waals surface area contributed by atoms with Crippen molar-refractivity contribution in [1.29, 1.82) is 0 Å². The minimum Gasteiger partial charge on any atom is -0.410 e. The zero-order chi connectivity index (χ0) is 7.40. The third-order valence-electron chi connectivity index (χ3n) is 0.964. The van der Waals surface area contributed by atoms with E-state index < -0.39 is 0 Å². The predicted octanol–water partition coefficient (Wildman–Crippen LogP) is 1.46. The van der Waals surface area contributed by atoms with Crippen LogP contribution in [0.25, 0.3) is 0 Å². The first-order valence-electron chi connectivity index (χ1n) is 2.63. The van der Waals surface area contributed by atoms with Crippen LogP contribution in [0.1, 0.15) is 5.69 Å². The van der Waals surface area contributed by atoms with Crippen molar-refractivity contribution in [2.45, 2.75) is 0 Å². The van der Waals surface area contributed by atoms with Crippen molar-refractivity contribution in [3.05, 3.63) is 30.1 Å². The molecule has 0 aliphatic rings. The molecular formula is C6H5ClN2O. The van der Waals surface area contributed by atoms with Crippen LogP contribution in [-0.2, 0) is 0 Å². The number of nitrogens with zero attached hydrogens (tertiary/aromatic N) is 2. The molecule has 1 aromatic rings. The van der Waals surface area contributed by atoms with E-state index in [1.165, 1.54) is 0 Å². The first-order valence-corrected chi connectivity index (χ1v) is 3.01.